The van der Waals surface area contributed by atoms with E-state index in [1.54, 1.807) is 0 Å². The van der Waals surface area contributed by atoms with Gasteiger partial charge >= 0.3 is 12.1 Å². The minimum atomic E-state index is -0.803. The Kier molecular flexibility index (Phi) is 7.50. The van der Waals surface area contributed by atoms with Crippen molar-refractivity contribution in [3.05, 3.63) is 59.7 Å². The Bertz CT molecular complexity index is 1010. The predicted octanol–water partition coefficient (Wildman–Crippen LogP) is 4.31. The molecular formula is C27H32N2O5. The van der Waals surface area contributed by atoms with Gasteiger partial charge in [0.15, 0.2) is 0 Å². The van der Waals surface area contributed by atoms with E-state index in [0.29, 0.717) is 19.4 Å². The first-order valence-electron chi connectivity index (χ1n) is 12.1. The Balaban J connectivity index is 1.31. The van der Waals surface area contributed by atoms with Crippen LogP contribution in [0.4, 0.5) is 4.79 Å². The summed E-state index contributed by atoms with van der Waals surface area (Å²) in [5.74, 6) is -1.67. The molecule has 0 aromatic heterocycles. The quantitative estimate of drug-likeness (QED) is 0.540. The minimum Gasteiger partial charge on any atom is -0.481 e. The molecule has 2 aliphatic rings. The number of hydrogen-bond acceptors (Lipinski definition) is 4. The summed E-state index contributed by atoms with van der Waals surface area (Å²) in [5.41, 5.74) is 4.56. The predicted molar refractivity (Wildman–Crippen MR) is 128 cm³/mol. The third-order valence-electron chi connectivity index (χ3n) is 7.13. The molecule has 0 radical (unpaired) electrons. The van der Waals surface area contributed by atoms with Crippen molar-refractivity contribution in [3.63, 3.8) is 0 Å². The minimum absolute atomic E-state index is 0.0497. The average Bonchev–Trinajstić information content (AvgIpc) is 3.18. The van der Waals surface area contributed by atoms with Crippen molar-refractivity contribution in [1.82, 2.24) is 10.6 Å². The highest BCUT2D eigenvalue weighted by Crippen LogP contribution is 2.44. The number of ether oxygens (including phenoxy) is 1. The van der Waals surface area contributed by atoms with E-state index in [9.17, 15) is 19.5 Å². The number of hydrogen-bond donors (Lipinski definition) is 3. The lowest BCUT2D eigenvalue weighted by atomic mass is 9.79. The molecule has 2 aromatic carbocycles. The van der Waals surface area contributed by atoms with Gasteiger partial charge in [0.25, 0.3) is 0 Å². The summed E-state index contributed by atoms with van der Waals surface area (Å²) in [6.45, 7) is 2.30. The Morgan fingerprint density at radius 2 is 1.62 bits per heavy atom. The summed E-state index contributed by atoms with van der Waals surface area (Å²) in [6.07, 6.45) is 3.08. The van der Waals surface area contributed by atoms with Crippen LogP contribution in [-0.2, 0) is 14.3 Å². The first-order chi connectivity index (χ1) is 16.5. The summed E-state index contributed by atoms with van der Waals surface area (Å²) in [6, 6.07) is 15.5. The molecule has 1 saturated carbocycles. The number of alkyl carbamates (subject to hydrolysis) is 1. The van der Waals surface area contributed by atoms with Crippen molar-refractivity contribution in [2.75, 3.05) is 13.2 Å². The molecular weight excluding hydrogens is 432 g/mol. The van der Waals surface area contributed by atoms with Gasteiger partial charge in [-0.05, 0) is 47.4 Å². The van der Waals surface area contributed by atoms with Crippen molar-refractivity contribution in [2.45, 2.75) is 51.0 Å². The lowest BCUT2D eigenvalue weighted by molar-refractivity contribution is -0.145. The van der Waals surface area contributed by atoms with Gasteiger partial charge in [-0.1, -0.05) is 68.3 Å². The zero-order valence-corrected chi connectivity index (χ0v) is 19.5. The van der Waals surface area contributed by atoms with E-state index in [0.717, 1.165) is 41.5 Å². The maximum atomic E-state index is 12.7. The molecule has 180 valence electrons. The number of carboxylic acid groups (broad SMARTS) is 1. The molecule has 2 amide bonds. The number of benzene rings is 2. The molecule has 3 N–H and O–H groups in total. The maximum absolute atomic E-state index is 12.7. The summed E-state index contributed by atoms with van der Waals surface area (Å²) >= 11 is 0. The summed E-state index contributed by atoms with van der Waals surface area (Å²) in [4.78, 5) is 36.7. The maximum Gasteiger partial charge on any atom is 0.407 e. The van der Waals surface area contributed by atoms with Crippen LogP contribution in [0.15, 0.2) is 48.5 Å². The van der Waals surface area contributed by atoms with Gasteiger partial charge in [-0.2, -0.15) is 0 Å². The van der Waals surface area contributed by atoms with Gasteiger partial charge in [-0.3, -0.25) is 9.59 Å². The fraction of sp³-hybridized carbons (Fsp3) is 0.444. The van der Waals surface area contributed by atoms with E-state index in [1.807, 2.05) is 31.2 Å². The summed E-state index contributed by atoms with van der Waals surface area (Å²) in [7, 11) is 0. The zero-order valence-electron chi connectivity index (χ0n) is 19.5. The van der Waals surface area contributed by atoms with Gasteiger partial charge in [0.05, 0.1) is 5.92 Å². The third-order valence-corrected chi connectivity index (χ3v) is 7.13. The van der Waals surface area contributed by atoms with Crippen LogP contribution >= 0.6 is 0 Å². The van der Waals surface area contributed by atoms with Crippen LogP contribution < -0.4 is 10.6 Å². The smallest absolute Gasteiger partial charge is 0.407 e. The first-order valence-corrected chi connectivity index (χ1v) is 12.1. The van der Waals surface area contributed by atoms with Crippen molar-refractivity contribution in [2.24, 2.45) is 11.8 Å². The van der Waals surface area contributed by atoms with Gasteiger partial charge in [0.1, 0.15) is 12.6 Å². The third kappa shape index (κ3) is 5.08. The molecule has 0 saturated heterocycles. The molecule has 2 aromatic rings. The number of carboxylic acids is 1. The van der Waals surface area contributed by atoms with Gasteiger partial charge < -0.3 is 20.5 Å². The van der Waals surface area contributed by atoms with E-state index in [4.69, 9.17) is 4.74 Å². The molecule has 0 spiro atoms. The molecule has 4 rings (SSSR count). The number of carbonyl (C=O) groups excluding carboxylic acids is 2. The summed E-state index contributed by atoms with van der Waals surface area (Å²) < 4.78 is 5.56. The van der Waals surface area contributed by atoms with E-state index < -0.39 is 24.0 Å². The van der Waals surface area contributed by atoms with Crippen molar-refractivity contribution in [3.8, 4) is 11.1 Å². The molecule has 7 heteroatoms. The monoisotopic (exact) mass is 464 g/mol. The highest BCUT2D eigenvalue weighted by Gasteiger charge is 2.32. The number of aliphatic carboxylic acids is 1. The Hall–Kier alpha value is -3.35. The molecule has 3 atom stereocenters. The van der Waals surface area contributed by atoms with E-state index in [1.165, 1.54) is 0 Å². The molecule has 34 heavy (non-hydrogen) atoms. The highest BCUT2D eigenvalue weighted by molar-refractivity contribution is 5.85. The second-order valence-electron chi connectivity index (χ2n) is 9.17. The van der Waals surface area contributed by atoms with Gasteiger partial charge in [0.2, 0.25) is 5.91 Å². The zero-order chi connectivity index (χ0) is 24.1. The standard InChI is InChI=1S/C27H32N2O5/c1-2-24(25(30)28-15-17-9-3-4-10-18(17)26(31)32)29-27(33)34-16-23-21-13-7-5-11-19(21)20-12-6-8-14-22(20)23/h5-8,11-14,17-18,23-24H,2-4,9-10,15-16H2,1H3,(H,28,30)(H,29,33)(H,31,32)/t17?,18?,24-/m0/s1. The number of amides is 2. The summed E-state index contributed by atoms with van der Waals surface area (Å²) in [5, 5.41) is 14.9. The molecule has 0 bridgehead atoms. The Morgan fingerprint density at radius 1 is 1.00 bits per heavy atom. The van der Waals surface area contributed by atoms with E-state index in [-0.39, 0.29) is 24.3 Å². The van der Waals surface area contributed by atoms with Crippen LogP contribution in [0.5, 0.6) is 0 Å². The number of rotatable bonds is 8. The van der Waals surface area contributed by atoms with Crippen LogP contribution in [0.3, 0.4) is 0 Å². The molecule has 1 fully saturated rings. The van der Waals surface area contributed by atoms with E-state index in [2.05, 4.69) is 34.9 Å². The van der Waals surface area contributed by atoms with Gasteiger partial charge in [-0.15, -0.1) is 0 Å². The molecule has 0 aliphatic heterocycles. The SMILES string of the molecule is CC[C@H](NC(=O)OCC1c2ccccc2-c2ccccc21)C(=O)NCC1CCCCC1C(=O)O. The lowest BCUT2D eigenvalue weighted by Crippen LogP contribution is -2.48. The van der Waals surface area contributed by atoms with Crippen LogP contribution in [0.1, 0.15) is 56.1 Å². The van der Waals surface area contributed by atoms with Crippen LogP contribution in [-0.4, -0.2) is 42.3 Å². The van der Waals surface area contributed by atoms with Crippen molar-refractivity contribution in [1.29, 1.82) is 0 Å². The molecule has 0 heterocycles. The molecule has 7 nitrogen and oxygen atoms in total. The van der Waals surface area contributed by atoms with Crippen LogP contribution in [0.2, 0.25) is 0 Å². The molecule has 2 unspecified atom stereocenters. The van der Waals surface area contributed by atoms with Gasteiger partial charge in [-0.25, -0.2) is 4.79 Å². The highest BCUT2D eigenvalue weighted by atomic mass is 16.5. The first kappa shape index (κ1) is 23.8. The van der Waals surface area contributed by atoms with Crippen molar-refractivity contribution >= 4 is 18.0 Å². The topological polar surface area (TPSA) is 105 Å². The fourth-order valence-electron chi connectivity index (χ4n) is 5.27. The number of fused-ring (bicyclic) bond motifs is 3. The second kappa shape index (κ2) is 10.7. The Labute approximate surface area is 199 Å². The van der Waals surface area contributed by atoms with Crippen LogP contribution in [0.25, 0.3) is 11.1 Å². The van der Waals surface area contributed by atoms with Crippen LogP contribution in [0, 0.1) is 11.8 Å². The fourth-order valence-corrected chi connectivity index (χ4v) is 5.27. The largest absolute Gasteiger partial charge is 0.481 e. The molecule has 2 aliphatic carbocycles. The Morgan fingerprint density at radius 3 is 2.24 bits per heavy atom. The van der Waals surface area contributed by atoms with E-state index >= 15 is 0 Å². The normalized spacial score (nSPS) is 20.0. The second-order valence-corrected chi connectivity index (χ2v) is 9.17. The number of nitrogens with one attached hydrogen (secondary N) is 2. The average molecular weight is 465 g/mol. The number of carbonyl (C=O) groups is 3. The van der Waals surface area contributed by atoms with Gasteiger partial charge in [0, 0.05) is 12.5 Å². The lowest BCUT2D eigenvalue weighted by Gasteiger charge is -2.29. The van der Waals surface area contributed by atoms with Crippen molar-refractivity contribution < 1.29 is 24.2 Å².